The third kappa shape index (κ3) is 3.32. The lowest BCUT2D eigenvalue weighted by molar-refractivity contribution is 0.626. The molecule has 1 N–H and O–H groups in total. The van der Waals surface area contributed by atoms with E-state index in [4.69, 9.17) is 11.6 Å². The van der Waals surface area contributed by atoms with E-state index >= 15 is 0 Å². The highest BCUT2D eigenvalue weighted by atomic mass is 127. The van der Waals surface area contributed by atoms with E-state index in [1.807, 2.05) is 22.6 Å². The Labute approximate surface area is 122 Å². The Morgan fingerprint density at radius 1 is 1.06 bits per heavy atom. The van der Waals surface area contributed by atoms with Crippen LogP contribution in [0.1, 0.15) is 5.56 Å². The highest BCUT2D eigenvalue weighted by molar-refractivity contribution is 14.1. The van der Waals surface area contributed by atoms with Crippen molar-refractivity contribution in [1.82, 2.24) is 0 Å². The third-order valence-corrected chi connectivity index (χ3v) is 3.67. The Morgan fingerprint density at radius 3 is 2.44 bits per heavy atom. The zero-order valence-electron chi connectivity index (χ0n) is 9.18. The zero-order chi connectivity index (χ0) is 13.1. The molecule has 2 aromatic rings. The highest BCUT2D eigenvalue weighted by Gasteiger charge is 2.04. The lowest BCUT2D eigenvalue weighted by Gasteiger charge is -2.10. The van der Waals surface area contributed by atoms with Crippen LogP contribution in [0.5, 0.6) is 0 Å². The van der Waals surface area contributed by atoms with Crippen LogP contribution in [0.15, 0.2) is 36.4 Å². The van der Waals surface area contributed by atoms with Crippen LogP contribution in [0.4, 0.5) is 14.5 Å². The number of benzene rings is 2. The molecule has 2 rings (SSSR count). The summed E-state index contributed by atoms with van der Waals surface area (Å²) in [5.74, 6) is -0.612. The lowest BCUT2D eigenvalue weighted by Crippen LogP contribution is -2.02. The monoisotopic (exact) mass is 379 g/mol. The van der Waals surface area contributed by atoms with Crippen molar-refractivity contribution in [3.05, 3.63) is 62.2 Å². The molecule has 0 radical (unpaired) electrons. The number of anilines is 1. The Hall–Kier alpha value is -0.880. The molecule has 0 aromatic heterocycles. The molecule has 1 nitrogen and oxygen atoms in total. The molecule has 0 fully saturated rings. The van der Waals surface area contributed by atoms with E-state index in [-0.39, 0.29) is 11.6 Å². The summed E-state index contributed by atoms with van der Waals surface area (Å²) < 4.78 is 26.8. The Balaban J connectivity index is 2.13. The molecule has 0 saturated heterocycles. The Morgan fingerprint density at radius 2 is 1.72 bits per heavy atom. The van der Waals surface area contributed by atoms with Crippen LogP contribution in [0, 0.1) is 15.2 Å². The van der Waals surface area contributed by atoms with Gasteiger partial charge in [0.15, 0.2) is 0 Å². The molecule has 5 heteroatoms. The summed E-state index contributed by atoms with van der Waals surface area (Å²) in [6.07, 6.45) is 0. The number of nitrogens with one attached hydrogen (secondary N) is 1. The largest absolute Gasteiger partial charge is 0.380 e. The van der Waals surface area contributed by atoms with Gasteiger partial charge in [-0.2, -0.15) is 0 Å². The van der Waals surface area contributed by atoms with Gasteiger partial charge in [0.25, 0.3) is 0 Å². The first kappa shape index (κ1) is 13.5. The van der Waals surface area contributed by atoms with Gasteiger partial charge in [-0.05, 0) is 64.6 Å². The first-order valence-corrected chi connectivity index (χ1v) is 6.65. The van der Waals surface area contributed by atoms with Crippen molar-refractivity contribution in [3.8, 4) is 0 Å². The summed E-state index contributed by atoms with van der Waals surface area (Å²) in [4.78, 5) is 0. The van der Waals surface area contributed by atoms with Gasteiger partial charge in [0, 0.05) is 20.8 Å². The van der Waals surface area contributed by atoms with Gasteiger partial charge in [-0.1, -0.05) is 11.6 Å². The Bertz CT molecular complexity index is 575. The van der Waals surface area contributed by atoms with Crippen LogP contribution in [0.25, 0.3) is 0 Å². The average Bonchev–Trinajstić information content (AvgIpc) is 2.32. The first-order valence-electron chi connectivity index (χ1n) is 5.19. The molecule has 94 valence electrons. The number of halogens is 4. The lowest BCUT2D eigenvalue weighted by atomic mass is 10.2. The normalized spacial score (nSPS) is 10.4. The highest BCUT2D eigenvalue weighted by Crippen LogP contribution is 2.22. The maximum atomic E-state index is 13.1. The van der Waals surface area contributed by atoms with Crippen LogP contribution in [0.2, 0.25) is 5.02 Å². The molecule has 18 heavy (non-hydrogen) atoms. The third-order valence-electron chi connectivity index (χ3n) is 2.41. The summed E-state index contributed by atoms with van der Waals surface area (Å²) >= 11 is 7.99. The molecule has 0 saturated carbocycles. The van der Waals surface area contributed by atoms with E-state index in [2.05, 4.69) is 5.32 Å². The second kappa shape index (κ2) is 5.84. The van der Waals surface area contributed by atoms with Gasteiger partial charge >= 0.3 is 0 Å². The fourth-order valence-electron chi connectivity index (χ4n) is 1.50. The van der Waals surface area contributed by atoms with Crippen LogP contribution in [-0.4, -0.2) is 0 Å². The summed E-state index contributed by atoms with van der Waals surface area (Å²) in [6, 6.07) is 8.65. The molecule has 0 bridgehead atoms. The smallest absolute Gasteiger partial charge is 0.124 e. The SMILES string of the molecule is Fc1ccc(NCc2cc(F)ccc2Cl)c(I)c1. The summed E-state index contributed by atoms with van der Waals surface area (Å²) in [5, 5.41) is 3.60. The molecule has 0 heterocycles. The molecule has 0 amide bonds. The second-order valence-corrected chi connectivity index (χ2v) is 5.28. The first-order chi connectivity index (χ1) is 8.56. The fraction of sp³-hybridized carbons (Fsp3) is 0.0769. The Kier molecular flexibility index (Phi) is 4.40. The number of rotatable bonds is 3. The van der Waals surface area contributed by atoms with Gasteiger partial charge in [0.05, 0.1) is 0 Å². The topological polar surface area (TPSA) is 12.0 Å². The van der Waals surface area contributed by atoms with Crippen molar-refractivity contribution in [2.24, 2.45) is 0 Å². The minimum Gasteiger partial charge on any atom is -0.380 e. The van der Waals surface area contributed by atoms with E-state index in [1.54, 1.807) is 6.07 Å². The van der Waals surface area contributed by atoms with Crippen LogP contribution in [-0.2, 0) is 6.54 Å². The molecule has 0 aliphatic rings. The van der Waals surface area contributed by atoms with Crippen molar-refractivity contribution in [1.29, 1.82) is 0 Å². The predicted molar refractivity (Wildman–Crippen MR) is 77.9 cm³/mol. The molecule has 0 aliphatic heterocycles. The van der Waals surface area contributed by atoms with Crippen LogP contribution < -0.4 is 5.32 Å². The average molecular weight is 380 g/mol. The van der Waals surface area contributed by atoms with E-state index < -0.39 is 0 Å². The minimum atomic E-state index is -0.329. The summed E-state index contributed by atoms with van der Waals surface area (Å²) in [6.45, 7) is 0.387. The van der Waals surface area contributed by atoms with Crippen LogP contribution >= 0.6 is 34.2 Å². The second-order valence-electron chi connectivity index (χ2n) is 3.71. The molecule has 0 atom stereocenters. The van der Waals surface area contributed by atoms with E-state index in [1.165, 1.54) is 30.3 Å². The quantitative estimate of drug-likeness (QED) is 0.753. The van der Waals surface area contributed by atoms with E-state index in [0.29, 0.717) is 17.1 Å². The maximum Gasteiger partial charge on any atom is 0.124 e. The molecular formula is C13H9ClF2IN. The molecule has 0 unspecified atom stereocenters. The maximum absolute atomic E-state index is 13.1. The summed E-state index contributed by atoms with van der Waals surface area (Å²) in [7, 11) is 0. The van der Waals surface area contributed by atoms with E-state index in [0.717, 1.165) is 9.26 Å². The summed E-state index contributed by atoms with van der Waals surface area (Å²) in [5.41, 5.74) is 1.45. The van der Waals surface area contributed by atoms with Gasteiger partial charge in [0.1, 0.15) is 11.6 Å². The molecular weight excluding hydrogens is 371 g/mol. The van der Waals surface area contributed by atoms with Crippen molar-refractivity contribution in [2.75, 3.05) is 5.32 Å². The van der Waals surface area contributed by atoms with Crippen LogP contribution in [0.3, 0.4) is 0 Å². The predicted octanol–water partition coefficient (Wildman–Crippen LogP) is 4.83. The van der Waals surface area contributed by atoms with E-state index in [9.17, 15) is 8.78 Å². The van der Waals surface area contributed by atoms with Crippen molar-refractivity contribution >= 4 is 39.9 Å². The molecule has 0 spiro atoms. The standard InChI is InChI=1S/C13H9ClF2IN/c14-11-3-1-9(15)5-8(11)7-18-13-4-2-10(16)6-12(13)17/h1-6,18H,7H2. The van der Waals surface area contributed by atoms with Crippen molar-refractivity contribution in [2.45, 2.75) is 6.54 Å². The molecule has 0 aliphatic carbocycles. The molecule has 2 aromatic carbocycles. The van der Waals surface area contributed by atoms with Gasteiger partial charge in [-0.15, -0.1) is 0 Å². The van der Waals surface area contributed by atoms with Gasteiger partial charge in [0.2, 0.25) is 0 Å². The fourth-order valence-corrected chi connectivity index (χ4v) is 2.35. The zero-order valence-corrected chi connectivity index (χ0v) is 12.1. The minimum absolute atomic E-state index is 0.284. The van der Waals surface area contributed by atoms with Gasteiger partial charge < -0.3 is 5.32 Å². The number of hydrogen-bond donors (Lipinski definition) is 1. The van der Waals surface area contributed by atoms with Crippen molar-refractivity contribution < 1.29 is 8.78 Å². The van der Waals surface area contributed by atoms with Gasteiger partial charge in [-0.25, -0.2) is 8.78 Å². The number of hydrogen-bond acceptors (Lipinski definition) is 1. The van der Waals surface area contributed by atoms with Gasteiger partial charge in [-0.3, -0.25) is 0 Å². The van der Waals surface area contributed by atoms with Crippen molar-refractivity contribution in [3.63, 3.8) is 0 Å².